The molecule has 0 aromatic heterocycles. The molecule has 0 spiro atoms. The summed E-state index contributed by atoms with van der Waals surface area (Å²) in [6.07, 6.45) is 5.65. The van der Waals surface area contributed by atoms with Crippen LogP contribution < -0.4 is 9.62 Å². The Morgan fingerprint density at radius 2 is 1.53 bits per heavy atom. The lowest BCUT2D eigenvalue weighted by molar-refractivity contribution is -0.140. The Morgan fingerprint density at radius 1 is 0.944 bits per heavy atom. The lowest BCUT2D eigenvalue weighted by Crippen LogP contribution is -2.54. The molecule has 3 rings (SSSR count). The maximum atomic E-state index is 13.8. The van der Waals surface area contributed by atoms with E-state index >= 15 is 0 Å². The van der Waals surface area contributed by atoms with Crippen LogP contribution in [0.25, 0.3) is 0 Å². The van der Waals surface area contributed by atoms with Crippen LogP contribution in [-0.2, 0) is 26.3 Å². The lowest BCUT2D eigenvalue weighted by atomic mass is 9.95. The van der Waals surface area contributed by atoms with E-state index in [2.05, 4.69) is 5.32 Å². The first-order chi connectivity index (χ1) is 17.2. The van der Waals surface area contributed by atoms with Crippen molar-refractivity contribution in [2.45, 2.75) is 64.1 Å². The highest BCUT2D eigenvalue weighted by Gasteiger charge is 2.34. The first-order valence-electron chi connectivity index (χ1n) is 12.6. The van der Waals surface area contributed by atoms with Gasteiger partial charge in [-0.3, -0.25) is 9.59 Å². The molecule has 1 aliphatic carbocycles. The summed E-state index contributed by atoms with van der Waals surface area (Å²) < 4.78 is 28.6. The fraction of sp³-hybridized carbons (Fsp3) is 0.481. The summed E-state index contributed by atoms with van der Waals surface area (Å²) in [5.74, 6) is -0.616. The quantitative estimate of drug-likeness (QED) is 0.497. The predicted octanol–water partition coefficient (Wildman–Crippen LogP) is 3.56. The van der Waals surface area contributed by atoms with Gasteiger partial charge in [0.15, 0.2) is 0 Å². The molecule has 0 radical (unpaired) electrons. The fourth-order valence-corrected chi connectivity index (χ4v) is 5.61. The molecule has 2 amide bonds. The van der Waals surface area contributed by atoms with Crippen LogP contribution in [0.2, 0.25) is 0 Å². The van der Waals surface area contributed by atoms with Crippen molar-refractivity contribution < 1.29 is 18.0 Å². The number of rotatable bonds is 11. The monoisotopic (exact) mass is 514 g/mol. The molecular formula is C27H38N4O4S. The van der Waals surface area contributed by atoms with E-state index in [9.17, 15) is 18.0 Å². The maximum absolute atomic E-state index is 13.8. The van der Waals surface area contributed by atoms with Gasteiger partial charge in [-0.05, 0) is 37.0 Å². The van der Waals surface area contributed by atoms with Crippen LogP contribution in [-0.4, -0.2) is 62.2 Å². The van der Waals surface area contributed by atoms with Crippen LogP contribution in [0.4, 0.5) is 5.69 Å². The van der Waals surface area contributed by atoms with Crippen molar-refractivity contribution in [1.82, 2.24) is 14.5 Å². The Bertz CT molecular complexity index is 1090. The summed E-state index contributed by atoms with van der Waals surface area (Å²) in [4.78, 5) is 28.7. The van der Waals surface area contributed by atoms with E-state index in [1.807, 2.05) is 37.3 Å². The summed E-state index contributed by atoms with van der Waals surface area (Å²) in [6.45, 7) is 1.67. The number of nitrogens with one attached hydrogen (secondary N) is 1. The second-order valence-corrected chi connectivity index (χ2v) is 11.5. The Morgan fingerprint density at radius 3 is 2.08 bits per heavy atom. The van der Waals surface area contributed by atoms with Gasteiger partial charge in [0.2, 0.25) is 11.8 Å². The third-order valence-electron chi connectivity index (χ3n) is 6.60. The average Bonchev–Trinajstić information content (AvgIpc) is 2.88. The van der Waals surface area contributed by atoms with Crippen molar-refractivity contribution >= 4 is 27.7 Å². The Kier molecular flexibility index (Phi) is 9.89. The van der Waals surface area contributed by atoms with Gasteiger partial charge in [0.25, 0.3) is 0 Å². The number of hydrogen-bond acceptors (Lipinski definition) is 4. The van der Waals surface area contributed by atoms with Crippen LogP contribution in [0.5, 0.6) is 0 Å². The summed E-state index contributed by atoms with van der Waals surface area (Å²) >= 11 is 0. The van der Waals surface area contributed by atoms with Crippen LogP contribution in [0.1, 0.15) is 51.0 Å². The van der Waals surface area contributed by atoms with Crippen LogP contribution in [0.15, 0.2) is 60.7 Å². The molecule has 0 heterocycles. The van der Waals surface area contributed by atoms with E-state index in [4.69, 9.17) is 0 Å². The van der Waals surface area contributed by atoms with Gasteiger partial charge in [-0.2, -0.15) is 12.7 Å². The number of carbonyl (C=O) groups is 2. The minimum atomic E-state index is -3.95. The molecule has 8 nitrogen and oxygen atoms in total. The Labute approximate surface area is 215 Å². The smallest absolute Gasteiger partial charge is 0.304 e. The second-order valence-electron chi connectivity index (χ2n) is 9.41. The second kappa shape index (κ2) is 12.9. The fourth-order valence-electron chi connectivity index (χ4n) is 4.56. The molecule has 1 saturated carbocycles. The Balaban J connectivity index is 1.91. The van der Waals surface area contributed by atoms with Crippen molar-refractivity contribution in [3.63, 3.8) is 0 Å². The minimum absolute atomic E-state index is 0.115. The molecule has 1 unspecified atom stereocenters. The van der Waals surface area contributed by atoms with Crippen LogP contribution in [0.3, 0.4) is 0 Å². The molecule has 2 aromatic carbocycles. The van der Waals surface area contributed by atoms with E-state index < -0.39 is 28.7 Å². The number of anilines is 1. The molecule has 0 bridgehead atoms. The van der Waals surface area contributed by atoms with Gasteiger partial charge >= 0.3 is 10.2 Å². The van der Waals surface area contributed by atoms with Gasteiger partial charge in [0.05, 0.1) is 5.69 Å². The van der Waals surface area contributed by atoms with Crippen molar-refractivity contribution in [1.29, 1.82) is 0 Å². The molecular weight excluding hydrogens is 476 g/mol. The van der Waals surface area contributed by atoms with Crippen molar-refractivity contribution in [2.24, 2.45) is 0 Å². The molecule has 2 aromatic rings. The number of para-hydroxylation sites is 1. The number of carbonyl (C=O) groups excluding carboxylic acids is 2. The highest BCUT2D eigenvalue weighted by Crippen LogP contribution is 2.22. The van der Waals surface area contributed by atoms with Gasteiger partial charge in [-0.1, -0.05) is 74.7 Å². The molecule has 9 heteroatoms. The zero-order valence-corrected chi connectivity index (χ0v) is 22.3. The molecule has 0 aliphatic heterocycles. The van der Waals surface area contributed by atoms with Crippen molar-refractivity contribution in [3.8, 4) is 0 Å². The van der Waals surface area contributed by atoms with Gasteiger partial charge in [-0.15, -0.1) is 0 Å². The average molecular weight is 515 g/mol. The molecule has 1 fully saturated rings. The molecule has 1 aliphatic rings. The normalized spacial score (nSPS) is 15.3. The van der Waals surface area contributed by atoms with Crippen molar-refractivity contribution in [2.75, 3.05) is 24.9 Å². The number of amides is 2. The van der Waals surface area contributed by atoms with Crippen LogP contribution >= 0.6 is 0 Å². The highest BCUT2D eigenvalue weighted by atomic mass is 32.2. The summed E-state index contributed by atoms with van der Waals surface area (Å²) in [5.41, 5.74) is 1.26. The van der Waals surface area contributed by atoms with Gasteiger partial charge in [-0.25, -0.2) is 4.31 Å². The van der Waals surface area contributed by atoms with Gasteiger partial charge in [0, 0.05) is 26.7 Å². The third kappa shape index (κ3) is 7.07. The first kappa shape index (κ1) is 27.7. The lowest BCUT2D eigenvalue weighted by Gasteiger charge is -2.35. The van der Waals surface area contributed by atoms with E-state index in [0.717, 1.165) is 39.9 Å². The van der Waals surface area contributed by atoms with Gasteiger partial charge < -0.3 is 10.2 Å². The number of benzene rings is 2. The van der Waals surface area contributed by atoms with E-state index in [1.165, 1.54) is 25.4 Å². The molecule has 196 valence electrons. The van der Waals surface area contributed by atoms with Crippen LogP contribution in [0, 0.1) is 0 Å². The van der Waals surface area contributed by atoms with Gasteiger partial charge in [0.1, 0.15) is 12.6 Å². The molecule has 0 saturated heterocycles. The van der Waals surface area contributed by atoms with E-state index in [-0.39, 0.29) is 18.5 Å². The zero-order chi connectivity index (χ0) is 26.1. The molecule has 1 N–H and O–H groups in total. The molecule has 1 atom stereocenters. The number of hydrogen-bond donors (Lipinski definition) is 1. The summed E-state index contributed by atoms with van der Waals surface area (Å²) in [5, 5.41) is 3.15. The zero-order valence-electron chi connectivity index (χ0n) is 21.5. The first-order valence-corrected chi connectivity index (χ1v) is 14.0. The maximum Gasteiger partial charge on any atom is 0.304 e. The van der Waals surface area contributed by atoms with E-state index in [1.54, 1.807) is 30.3 Å². The predicted molar refractivity (Wildman–Crippen MR) is 142 cm³/mol. The summed E-state index contributed by atoms with van der Waals surface area (Å²) in [7, 11) is -1.08. The Hall–Kier alpha value is -2.91. The highest BCUT2D eigenvalue weighted by molar-refractivity contribution is 7.90. The van der Waals surface area contributed by atoms with E-state index in [0.29, 0.717) is 12.1 Å². The third-order valence-corrected chi connectivity index (χ3v) is 8.42. The van der Waals surface area contributed by atoms with Crippen molar-refractivity contribution in [3.05, 3.63) is 66.2 Å². The minimum Gasteiger partial charge on any atom is -0.352 e. The largest absolute Gasteiger partial charge is 0.352 e. The standard InChI is InChI=1S/C27H38N4O4S/c1-4-25(27(33)28-23-16-10-6-11-17-23)30(20-22-14-8-5-9-15-22)26(32)21-31(36(34,35)29(2)3)24-18-12-7-13-19-24/h5,7-9,12-15,18-19,23,25H,4,6,10-11,16-17,20-21H2,1-3H3,(H,28,33). The topological polar surface area (TPSA) is 90.0 Å². The SMILES string of the molecule is CCC(C(=O)NC1CCCCC1)N(Cc1ccccc1)C(=O)CN(c1ccccc1)S(=O)(=O)N(C)C. The number of nitrogens with zero attached hydrogens (tertiary/aromatic N) is 3. The molecule has 36 heavy (non-hydrogen) atoms. The summed E-state index contributed by atoms with van der Waals surface area (Å²) in [6, 6.07) is 17.4.